The third-order valence-corrected chi connectivity index (χ3v) is 5.55. The Morgan fingerprint density at radius 3 is 2.50 bits per heavy atom. The number of aryl methyl sites for hydroxylation is 2. The molecule has 1 atom stereocenters. The molecule has 7 nitrogen and oxygen atoms in total. The van der Waals surface area contributed by atoms with Crippen molar-refractivity contribution in [3.63, 3.8) is 0 Å². The van der Waals surface area contributed by atoms with E-state index in [2.05, 4.69) is 4.98 Å². The molecular formula is C25H24N4O3. The summed E-state index contributed by atoms with van der Waals surface area (Å²) >= 11 is 0. The zero-order valence-electron chi connectivity index (χ0n) is 18.0. The van der Waals surface area contributed by atoms with Gasteiger partial charge in [-0.15, -0.1) is 0 Å². The predicted molar refractivity (Wildman–Crippen MR) is 123 cm³/mol. The lowest BCUT2D eigenvalue weighted by Gasteiger charge is -2.25. The number of aromatic nitrogens is 1. The highest BCUT2D eigenvalue weighted by atomic mass is 16.2. The Labute approximate surface area is 186 Å². The average molecular weight is 428 g/mol. The molecule has 0 aliphatic carbocycles. The van der Waals surface area contributed by atoms with Gasteiger partial charge in [0, 0.05) is 11.8 Å². The van der Waals surface area contributed by atoms with Crippen molar-refractivity contribution in [1.29, 1.82) is 0 Å². The first kappa shape index (κ1) is 21.4. The predicted octanol–water partition coefficient (Wildman–Crippen LogP) is 2.90. The number of pyridine rings is 1. The molecule has 162 valence electrons. The van der Waals surface area contributed by atoms with E-state index in [-0.39, 0.29) is 30.5 Å². The molecular weight excluding hydrogens is 404 g/mol. The van der Waals surface area contributed by atoms with Crippen LogP contribution in [0.1, 0.15) is 32.0 Å². The highest BCUT2D eigenvalue weighted by molar-refractivity contribution is 6.14. The number of fused-ring (bicyclic) bond motifs is 1. The van der Waals surface area contributed by atoms with Crippen molar-refractivity contribution in [2.24, 2.45) is 5.73 Å². The van der Waals surface area contributed by atoms with Crippen molar-refractivity contribution in [2.45, 2.75) is 19.9 Å². The summed E-state index contributed by atoms with van der Waals surface area (Å²) in [5, 5.41) is 0. The van der Waals surface area contributed by atoms with E-state index < -0.39 is 11.9 Å². The van der Waals surface area contributed by atoms with E-state index in [1.54, 1.807) is 48.7 Å². The smallest absolute Gasteiger partial charge is 0.276 e. The van der Waals surface area contributed by atoms with Crippen LogP contribution < -0.4 is 15.5 Å². The molecule has 1 aromatic heterocycles. The van der Waals surface area contributed by atoms with Crippen molar-refractivity contribution in [2.75, 3.05) is 22.9 Å². The number of carbonyl (C=O) groups excluding carboxylic acids is 3. The number of ketones is 1. The largest absolute Gasteiger partial charge is 0.318 e. The van der Waals surface area contributed by atoms with E-state index >= 15 is 0 Å². The van der Waals surface area contributed by atoms with Crippen LogP contribution in [0.2, 0.25) is 0 Å². The number of nitrogens with two attached hydrogens (primary N) is 1. The summed E-state index contributed by atoms with van der Waals surface area (Å²) in [6.07, 6.45) is 1.54. The van der Waals surface area contributed by atoms with Gasteiger partial charge in [-0.25, -0.2) is 0 Å². The van der Waals surface area contributed by atoms with Crippen molar-refractivity contribution in [1.82, 2.24) is 4.98 Å². The summed E-state index contributed by atoms with van der Waals surface area (Å²) in [4.78, 5) is 46.7. The molecule has 1 aliphatic rings. The van der Waals surface area contributed by atoms with Gasteiger partial charge in [0.25, 0.3) is 5.91 Å². The molecule has 0 fully saturated rings. The molecule has 2 N–H and O–H groups in total. The highest BCUT2D eigenvalue weighted by Gasteiger charge is 2.36. The Bertz CT molecular complexity index is 1190. The fraction of sp³-hybridized carbons (Fsp3) is 0.200. The van der Waals surface area contributed by atoms with Gasteiger partial charge in [-0.05, 0) is 49.2 Å². The van der Waals surface area contributed by atoms with Gasteiger partial charge in [0.2, 0.25) is 5.91 Å². The number of hydrogen-bond donors (Lipinski definition) is 1. The maximum absolute atomic E-state index is 13.3. The van der Waals surface area contributed by atoms with Gasteiger partial charge in [-0.2, -0.15) is 0 Å². The molecule has 0 radical (unpaired) electrons. The lowest BCUT2D eigenvalue weighted by molar-refractivity contribution is -0.119. The summed E-state index contributed by atoms with van der Waals surface area (Å²) in [7, 11) is 0. The third kappa shape index (κ3) is 4.02. The molecule has 2 amide bonds. The number of rotatable bonds is 4. The number of amides is 2. The number of anilines is 2. The van der Waals surface area contributed by atoms with Crippen molar-refractivity contribution < 1.29 is 14.4 Å². The number of benzene rings is 2. The van der Waals surface area contributed by atoms with Crippen LogP contribution in [0.25, 0.3) is 0 Å². The Morgan fingerprint density at radius 2 is 1.78 bits per heavy atom. The van der Waals surface area contributed by atoms with Crippen molar-refractivity contribution in [3.05, 3.63) is 89.2 Å². The summed E-state index contributed by atoms with van der Waals surface area (Å²) in [6.45, 7) is 3.56. The first-order valence-corrected chi connectivity index (χ1v) is 10.4. The average Bonchev–Trinajstić information content (AvgIpc) is 2.89. The number of Topliss-reactive ketones (excluding diaryl/α,β-unsaturated/α-hetero) is 1. The Balaban J connectivity index is 1.77. The van der Waals surface area contributed by atoms with E-state index in [0.717, 1.165) is 11.1 Å². The fourth-order valence-electron chi connectivity index (χ4n) is 3.87. The van der Waals surface area contributed by atoms with Gasteiger partial charge in [0.1, 0.15) is 11.7 Å². The molecule has 32 heavy (non-hydrogen) atoms. The van der Waals surface area contributed by atoms with Crippen LogP contribution in [-0.4, -0.2) is 41.7 Å². The van der Waals surface area contributed by atoms with Crippen LogP contribution in [0.4, 0.5) is 11.4 Å². The maximum Gasteiger partial charge on any atom is 0.276 e. The number of hydrogen-bond acceptors (Lipinski definition) is 5. The van der Waals surface area contributed by atoms with Crippen LogP contribution in [-0.2, 0) is 4.79 Å². The molecule has 0 spiro atoms. The summed E-state index contributed by atoms with van der Waals surface area (Å²) in [5.74, 6) is -0.957. The van der Waals surface area contributed by atoms with Crippen LogP contribution in [0, 0.1) is 13.8 Å². The summed E-state index contributed by atoms with van der Waals surface area (Å²) < 4.78 is 0. The quantitative estimate of drug-likeness (QED) is 0.645. The lowest BCUT2D eigenvalue weighted by Crippen LogP contribution is -2.49. The first-order chi connectivity index (χ1) is 15.4. The Hall–Kier alpha value is -3.84. The van der Waals surface area contributed by atoms with Crippen molar-refractivity contribution in [3.8, 4) is 0 Å². The Morgan fingerprint density at radius 1 is 1.03 bits per heavy atom. The molecule has 0 bridgehead atoms. The molecule has 1 unspecified atom stereocenters. The Kier molecular flexibility index (Phi) is 5.83. The SMILES string of the molecule is Cc1ccc2c(c1)N(CC(=O)c1ccccc1C)C(=O)C(N)CN2C(=O)c1ccccn1. The van der Waals surface area contributed by atoms with E-state index in [1.165, 1.54) is 9.80 Å². The standard InChI is InChI=1S/C25H24N4O3/c1-16-10-11-21-22(13-16)29(15-23(30)18-8-4-3-7-17(18)2)24(31)19(26)14-28(21)25(32)20-9-5-6-12-27-20/h3-13,19H,14-15,26H2,1-2H3. The van der Waals surface area contributed by atoms with E-state index in [4.69, 9.17) is 5.73 Å². The van der Waals surface area contributed by atoms with Gasteiger partial charge >= 0.3 is 0 Å². The van der Waals surface area contributed by atoms with Crippen LogP contribution in [0.5, 0.6) is 0 Å². The first-order valence-electron chi connectivity index (χ1n) is 10.4. The van der Waals surface area contributed by atoms with Crippen molar-refractivity contribution >= 4 is 29.0 Å². The normalized spacial score (nSPS) is 15.8. The van der Waals surface area contributed by atoms with Gasteiger partial charge < -0.3 is 15.5 Å². The zero-order valence-corrected chi connectivity index (χ0v) is 18.0. The van der Waals surface area contributed by atoms with Crippen LogP contribution in [0.3, 0.4) is 0 Å². The topological polar surface area (TPSA) is 96.6 Å². The molecule has 0 saturated carbocycles. The second kappa shape index (κ2) is 8.72. The summed E-state index contributed by atoms with van der Waals surface area (Å²) in [5.41, 5.74) is 9.75. The van der Waals surface area contributed by atoms with E-state index in [9.17, 15) is 14.4 Å². The van der Waals surface area contributed by atoms with E-state index in [0.29, 0.717) is 16.9 Å². The third-order valence-electron chi connectivity index (χ3n) is 5.55. The molecule has 1 aliphatic heterocycles. The van der Waals surface area contributed by atoms with Crippen LogP contribution >= 0.6 is 0 Å². The summed E-state index contributed by atoms with van der Waals surface area (Å²) in [6, 6.07) is 16.8. The van der Waals surface area contributed by atoms with Gasteiger partial charge in [0.05, 0.1) is 24.5 Å². The molecule has 4 rings (SSSR count). The lowest BCUT2D eigenvalue weighted by atomic mass is 10.0. The van der Waals surface area contributed by atoms with Gasteiger partial charge in [-0.3, -0.25) is 19.4 Å². The van der Waals surface area contributed by atoms with E-state index in [1.807, 2.05) is 32.0 Å². The fourth-order valence-corrected chi connectivity index (χ4v) is 3.87. The minimum Gasteiger partial charge on any atom is -0.318 e. The second-order valence-corrected chi connectivity index (χ2v) is 7.89. The van der Waals surface area contributed by atoms with Gasteiger partial charge in [-0.1, -0.05) is 36.4 Å². The molecule has 2 heterocycles. The monoisotopic (exact) mass is 428 g/mol. The molecule has 7 heteroatoms. The van der Waals surface area contributed by atoms with Gasteiger partial charge in [0.15, 0.2) is 5.78 Å². The number of carbonyl (C=O) groups is 3. The second-order valence-electron chi connectivity index (χ2n) is 7.89. The molecule has 3 aromatic rings. The minimum atomic E-state index is -0.986. The zero-order chi connectivity index (χ0) is 22.8. The molecule has 0 saturated heterocycles. The van der Waals surface area contributed by atoms with Crippen LogP contribution in [0.15, 0.2) is 66.9 Å². The highest BCUT2D eigenvalue weighted by Crippen LogP contribution is 2.34. The maximum atomic E-state index is 13.3. The number of nitrogens with zero attached hydrogens (tertiary/aromatic N) is 3. The molecule has 2 aromatic carbocycles. The minimum absolute atomic E-state index is 0.0145.